The predicted molar refractivity (Wildman–Crippen MR) is 106 cm³/mol. The number of aromatic nitrogens is 1. The molecule has 0 radical (unpaired) electrons. The van der Waals surface area contributed by atoms with Crippen molar-refractivity contribution in [3.8, 4) is 11.5 Å². The summed E-state index contributed by atoms with van der Waals surface area (Å²) in [5.41, 5.74) is 2.16. The first-order valence-corrected chi connectivity index (χ1v) is 9.54. The molecule has 2 N–H and O–H groups in total. The van der Waals surface area contributed by atoms with Crippen LogP contribution in [0.5, 0.6) is 11.5 Å². The molecule has 0 aliphatic carbocycles. The molecule has 9 nitrogen and oxygen atoms in total. The first kappa shape index (κ1) is 21.2. The molecule has 1 amide bonds. The van der Waals surface area contributed by atoms with E-state index >= 15 is 0 Å². The normalized spacial score (nSPS) is 12.9. The van der Waals surface area contributed by atoms with Crippen LogP contribution in [0.25, 0.3) is 0 Å². The molecule has 1 aliphatic heterocycles. The molecule has 2 aromatic rings. The SMILES string of the molecule is CCOC(=O)c1c(C)[nH]c(C(=O)OCC(=O)N[C@H](C)c2ccc3c(c2)OCO3)c1C. The summed E-state index contributed by atoms with van der Waals surface area (Å²) in [4.78, 5) is 39.5. The highest BCUT2D eigenvalue weighted by Gasteiger charge is 2.24. The second-order valence-corrected chi connectivity index (χ2v) is 6.82. The largest absolute Gasteiger partial charge is 0.462 e. The second-order valence-electron chi connectivity index (χ2n) is 6.82. The van der Waals surface area contributed by atoms with E-state index in [1.165, 1.54) is 0 Å². The molecule has 0 unspecified atom stereocenters. The highest BCUT2D eigenvalue weighted by molar-refractivity contribution is 5.99. The molecule has 1 aromatic carbocycles. The fourth-order valence-electron chi connectivity index (χ4n) is 3.22. The van der Waals surface area contributed by atoms with Gasteiger partial charge in [-0.3, -0.25) is 4.79 Å². The summed E-state index contributed by atoms with van der Waals surface area (Å²) >= 11 is 0. The highest BCUT2D eigenvalue weighted by Crippen LogP contribution is 2.34. The number of rotatable bonds is 7. The summed E-state index contributed by atoms with van der Waals surface area (Å²) in [5, 5.41) is 2.76. The van der Waals surface area contributed by atoms with E-state index in [2.05, 4.69) is 10.3 Å². The number of hydrogen-bond acceptors (Lipinski definition) is 7. The van der Waals surface area contributed by atoms with Gasteiger partial charge in [0.15, 0.2) is 18.1 Å². The predicted octanol–water partition coefficient (Wildman–Crippen LogP) is 2.57. The van der Waals surface area contributed by atoms with Crippen LogP contribution in [0.3, 0.4) is 0 Å². The summed E-state index contributed by atoms with van der Waals surface area (Å²) in [5.74, 6) is -0.421. The van der Waals surface area contributed by atoms with Gasteiger partial charge in [0, 0.05) is 5.69 Å². The van der Waals surface area contributed by atoms with E-state index in [0.29, 0.717) is 28.3 Å². The molecule has 0 bridgehead atoms. The van der Waals surface area contributed by atoms with Gasteiger partial charge in [0.1, 0.15) is 5.69 Å². The van der Waals surface area contributed by atoms with E-state index in [0.717, 1.165) is 5.56 Å². The maximum atomic E-state index is 12.4. The highest BCUT2D eigenvalue weighted by atomic mass is 16.7. The second kappa shape index (κ2) is 8.89. The minimum atomic E-state index is -0.725. The number of aryl methyl sites for hydroxylation is 1. The maximum absolute atomic E-state index is 12.4. The van der Waals surface area contributed by atoms with E-state index in [1.807, 2.05) is 6.07 Å². The van der Waals surface area contributed by atoms with Crippen LogP contribution in [0.2, 0.25) is 0 Å². The van der Waals surface area contributed by atoms with Crippen LogP contribution in [-0.2, 0) is 14.3 Å². The van der Waals surface area contributed by atoms with Gasteiger partial charge in [0.25, 0.3) is 5.91 Å². The summed E-state index contributed by atoms with van der Waals surface area (Å²) < 4.78 is 20.7. The zero-order valence-electron chi connectivity index (χ0n) is 17.3. The fraction of sp³-hybridized carbons (Fsp3) is 0.381. The number of esters is 2. The van der Waals surface area contributed by atoms with Crippen molar-refractivity contribution in [1.82, 2.24) is 10.3 Å². The molecule has 3 rings (SSSR count). The smallest absolute Gasteiger partial charge is 0.355 e. The van der Waals surface area contributed by atoms with Gasteiger partial charge < -0.3 is 29.2 Å². The minimum absolute atomic E-state index is 0.118. The van der Waals surface area contributed by atoms with Gasteiger partial charge in [-0.05, 0) is 51.0 Å². The lowest BCUT2D eigenvalue weighted by molar-refractivity contribution is -0.124. The quantitative estimate of drug-likeness (QED) is 0.667. The van der Waals surface area contributed by atoms with Gasteiger partial charge >= 0.3 is 11.9 Å². The Labute approximate surface area is 173 Å². The van der Waals surface area contributed by atoms with Crippen molar-refractivity contribution >= 4 is 17.8 Å². The van der Waals surface area contributed by atoms with Crippen molar-refractivity contribution in [2.75, 3.05) is 20.0 Å². The van der Waals surface area contributed by atoms with Crippen LogP contribution in [0.1, 0.15) is 57.6 Å². The lowest BCUT2D eigenvalue weighted by atomic mass is 10.1. The monoisotopic (exact) mass is 416 g/mol. The number of aromatic amines is 1. The van der Waals surface area contributed by atoms with Crippen LogP contribution in [0.15, 0.2) is 18.2 Å². The van der Waals surface area contributed by atoms with Gasteiger partial charge in [-0.2, -0.15) is 0 Å². The van der Waals surface area contributed by atoms with Gasteiger partial charge in [0.2, 0.25) is 6.79 Å². The van der Waals surface area contributed by atoms with E-state index < -0.39 is 24.5 Å². The zero-order chi connectivity index (χ0) is 21.8. The molecule has 1 aromatic heterocycles. The molecule has 1 atom stereocenters. The van der Waals surface area contributed by atoms with Crippen LogP contribution in [0, 0.1) is 13.8 Å². The Kier molecular flexibility index (Phi) is 6.29. The number of benzene rings is 1. The van der Waals surface area contributed by atoms with E-state index in [1.54, 1.807) is 39.8 Å². The van der Waals surface area contributed by atoms with Crippen molar-refractivity contribution in [1.29, 1.82) is 0 Å². The first-order chi connectivity index (χ1) is 14.3. The van der Waals surface area contributed by atoms with E-state index in [4.69, 9.17) is 18.9 Å². The molecule has 0 saturated heterocycles. The fourth-order valence-corrected chi connectivity index (χ4v) is 3.22. The van der Waals surface area contributed by atoms with Crippen LogP contribution in [0.4, 0.5) is 0 Å². The van der Waals surface area contributed by atoms with Crippen molar-refractivity contribution < 1.29 is 33.3 Å². The topological polar surface area (TPSA) is 116 Å². The summed E-state index contributed by atoms with van der Waals surface area (Å²) in [6, 6.07) is 5.07. The van der Waals surface area contributed by atoms with Crippen molar-refractivity contribution in [2.24, 2.45) is 0 Å². The Morgan fingerprint density at radius 3 is 2.60 bits per heavy atom. The number of carbonyl (C=O) groups is 3. The van der Waals surface area contributed by atoms with Gasteiger partial charge in [0.05, 0.1) is 18.2 Å². The van der Waals surface area contributed by atoms with Crippen molar-refractivity contribution in [2.45, 2.75) is 33.7 Å². The minimum Gasteiger partial charge on any atom is -0.462 e. The van der Waals surface area contributed by atoms with Crippen LogP contribution >= 0.6 is 0 Å². The lowest BCUT2D eigenvalue weighted by Gasteiger charge is -2.15. The van der Waals surface area contributed by atoms with Crippen LogP contribution in [-0.4, -0.2) is 42.8 Å². The van der Waals surface area contributed by atoms with Gasteiger partial charge in [-0.25, -0.2) is 9.59 Å². The summed E-state index contributed by atoms with van der Waals surface area (Å²) in [7, 11) is 0. The molecule has 0 spiro atoms. The Bertz CT molecular complexity index is 980. The van der Waals surface area contributed by atoms with Crippen molar-refractivity contribution in [3.05, 3.63) is 46.3 Å². The zero-order valence-corrected chi connectivity index (χ0v) is 17.3. The number of nitrogens with one attached hydrogen (secondary N) is 2. The molecular weight excluding hydrogens is 392 g/mol. The Morgan fingerprint density at radius 2 is 1.87 bits per heavy atom. The number of amides is 1. The molecule has 30 heavy (non-hydrogen) atoms. The third kappa shape index (κ3) is 4.40. The average molecular weight is 416 g/mol. The van der Waals surface area contributed by atoms with Crippen LogP contribution < -0.4 is 14.8 Å². The molecule has 1 aliphatic rings. The molecule has 0 fully saturated rings. The summed E-state index contributed by atoms with van der Waals surface area (Å²) in [6.07, 6.45) is 0. The number of carbonyl (C=O) groups excluding carboxylic acids is 3. The third-order valence-electron chi connectivity index (χ3n) is 4.73. The Morgan fingerprint density at radius 1 is 1.13 bits per heavy atom. The molecule has 0 saturated carbocycles. The number of H-pyrrole nitrogens is 1. The van der Waals surface area contributed by atoms with Crippen molar-refractivity contribution in [3.63, 3.8) is 0 Å². The first-order valence-electron chi connectivity index (χ1n) is 9.54. The number of ether oxygens (including phenoxy) is 4. The molecule has 2 heterocycles. The standard InChI is InChI=1S/C21H24N2O7/c1-5-27-20(25)18-11(2)19(23-13(18)4)21(26)28-9-17(24)22-12(3)14-6-7-15-16(8-14)30-10-29-15/h6-8,12,23H,5,9-10H2,1-4H3,(H,22,24)/t12-/m1/s1. The number of fused-ring (bicyclic) bond motifs is 1. The van der Waals surface area contributed by atoms with E-state index in [9.17, 15) is 14.4 Å². The summed E-state index contributed by atoms with van der Waals surface area (Å²) in [6.45, 7) is 6.73. The third-order valence-corrected chi connectivity index (χ3v) is 4.73. The van der Waals surface area contributed by atoms with Gasteiger partial charge in [-0.1, -0.05) is 6.07 Å². The van der Waals surface area contributed by atoms with E-state index in [-0.39, 0.29) is 25.1 Å². The molecular formula is C21H24N2O7. The molecule has 160 valence electrons. The average Bonchev–Trinajstić information content (AvgIpc) is 3.29. The Balaban J connectivity index is 1.57. The van der Waals surface area contributed by atoms with Gasteiger partial charge in [-0.15, -0.1) is 0 Å². The maximum Gasteiger partial charge on any atom is 0.355 e. The number of hydrogen-bond donors (Lipinski definition) is 2. The molecule has 9 heteroatoms. The lowest BCUT2D eigenvalue weighted by Crippen LogP contribution is -2.31. The Hall–Kier alpha value is -3.49.